The lowest BCUT2D eigenvalue weighted by atomic mass is 9.82. The van der Waals surface area contributed by atoms with Crippen LogP contribution in [-0.2, 0) is 19.1 Å². The number of carbonyl (C=O) groups is 2. The zero-order valence-corrected chi connectivity index (χ0v) is 11.5. The highest BCUT2D eigenvalue weighted by Crippen LogP contribution is 2.35. The maximum atomic E-state index is 12.1. The van der Waals surface area contributed by atoms with Crippen molar-refractivity contribution in [2.45, 2.75) is 58.8 Å². The number of aliphatic carboxylic acids is 1. The summed E-state index contributed by atoms with van der Waals surface area (Å²) >= 11 is 0. The van der Waals surface area contributed by atoms with Crippen LogP contribution in [0.4, 0.5) is 0 Å². The van der Waals surface area contributed by atoms with E-state index in [1.807, 2.05) is 13.8 Å². The van der Waals surface area contributed by atoms with Gasteiger partial charge in [0.15, 0.2) is 11.6 Å². The zero-order valence-electron chi connectivity index (χ0n) is 11.5. The Bertz CT molecular complexity index is 332. The van der Waals surface area contributed by atoms with Gasteiger partial charge in [0.1, 0.15) is 6.10 Å². The lowest BCUT2D eigenvalue weighted by Gasteiger charge is -2.45. The molecule has 1 N–H and O–H groups in total. The van der Waals surface area contributed by atoms with E-state index in [1.165, 1.54) is 0 Å². The largest absolute Gasteiger partial charge is 0.481 e. The van der Waals surface area contributed by atoms with Crippen molar-refractivity contribution in [1.29, 1.82) is 0 Å². The summed E-state index contributed by atoms with van der Waals surface area (Å²) in [6, 6.07) is 0. The van der Waals surface area contributed by atoms with E-state index in [9.17, 15) is 9.59 Å². The van der Waals surface area contributed by atoms with Crippen molar-refractivity contribution in [3.8, 4) is 0 Å². The van der Waals surface area contributed by atoms with Crippen LogP contribution in [0, 0.1) is 5.41 Å². The molecule has 0 radical (unpaired) electrons. The Morgan fingerprint density at radius 2 is 1.83 bits per heavy atom. The average Bonchev–Trinajstić information content (AvgIpc) is 2.21. The molecule has 0 spiro atoms. The van der Waals surface area contributed by atoms with Crippen molar-refractivity contribution < 1.29 is 24.2 Å². The summed E-state index contributed by atoms with van der Waals surface area (Å²) in [4.78, 5) is 22.5. The maximum absolute atomic E-state index is 12.1. The van der Waals surface area contributed by atoms with Gasteiger partial charge in [-0.2, -0.15) is 0 Å². The first-order chi connectivity index (χ1) is 8.14. The molecule has 1 aliphatic rings. The summed E-state index contributed by atoms with van der Waals surface area (Å²) < 4.78 is 11.2. The van der Waals surface area contributed by atoms with Crippen LogP contribution in [0.5, 0.6) is 0 Å². The highest BCUT2D eigenvalue weighted by atomic mass is 16.7. The first-order valence-electron chi connectivity index (χ1n) is 6.20. The van der Waals surface area contributed by atoms with Crippen LogP contribution in [0.25, 0.3) is 0 Å². The van der Waals surface area contributed by atoms with E-state index in [0.29, 0.717) is 13.0 Å². The predicted molar refractivity (Wildman–Crippen MR) is 65.2 cm³/mol. The third-order valence-electron chi connectivity index (χ3n) is 3.01. The number of carbonyl (C=O) groups excluding carboxylic acids is 1. The molecule has 1 atom stereocenters. The molecular weight excluding hydrogens is 236 g/mol. The quantitative estimate of drug-likeness (QED) is 0.816. The molecule has 0 aromatic carbocycles. The minimum Gasteiger partial charge on any atom is -0.481 e. The molecule has 1 aliphatic heterocycles. The Balaban J connectivity index is 2.60. The van der Waals surface area contributed by atoms with Crippen molar-refractivity contribution in [3.63, 3.8) is 0 Å². The van der Waals surface area contributed by atoms with E-state index >= 15 is 0 Å². The average molecular weight is 258 g/mol. The van der Waals surface area contributed by atoms with Crippen LogP contribution in [-0.4, -0.2) is 35.4 Å². The minimum atomic E-state index is -0.879. The molecule has 1 heterocycles. The Labute approximate surface area is 107 Å². The van der Waals surface area contributed by atoms with E-state index < -0.39 is 17.9 Å². The number of ketones is 1. The second kappa shape index (κ2) is 5.36. The van der Waals surface area contributed by atoms with E-state index in [-0.39, 0.29) is 24.0 Å². The van der Waals surface area contributed by atoms with Crippen molar-refractivity contribution in [2.75, 3.05) is 6.61 Å². The molecule has 1 fully saturated rings. The van der Waals surface area contributed by atoms with Gasteiger partial charge in [-0.3, -0.25) is 9.59 Å². The Hall–Kier alpha value is -0.940. The minimum absolute atomic E-state index is 0.0127. The molecule has 104 valence electrons. The Kier molecular flexibility index (Phi) is 4.50. The second-order valence-corrected chi connectivity index (χ2v) is 5.89. The molecule has 1 rings (SSSR count). The third kappa shape index (κ3) is 4.07. The number of carboxylic acid groups (broad SMARTS) is 1. The molecule has 0 amide bonds. The van der Waals surface area contributed by atoms with Gasteiger partial charge in [-0.05, 0) is 20.3 Å². The first-order valence-corrected chi connectivity index (χ1v) is 6.20. The van der Waals surface area contributed by atoms with Crippen LogP contribution in [0.1, 0.15) is 47.0 Å². The van der Waals surface area contributed by atoms with Crippen LogP contribution in [0.15, 0.2) is 0 Å². The van der Waals surface area contributed by atoms with Crippen LogP contribution >= 0.6 is 0 Å². The van der Waals surface area contributed by atoms with E-state index in [1.54, 1.807) is 13.8 Å². The summed E-state index contributed by atoms with van der Waals surface area (Å²) in [7, 11) is 0. The summed E-state index contributed by atoms with van der Waals surface area (Å²) in [6.07, 6.45) is 0.0655. The summed E-state index contributed by atoms with van der Waals surface area (Å²) in [6.45, 7) is 7.85. The number of ether oxygens (including phenoxy) is 2. The van der Waals surface area contributed by atoms with Gasteiger partial charge in [0.25, 0.3) is 0 Å². The molecule has 0 saturated carbocycles. The normalized spacial score (nSPS) is 25.7. The first kappa shape index (κ1) is 15.1. The highest BCUT2D eigenvalue weighted by Gasteiger charge is 2.45. The number of rotatable bonds is 5. The molecule has 0 aromatic rings. The van der Waals surface area contributed by atoms with E-state index in [2.05, 4.69) is 0 Å². The molecule has 5 nitrogen and oxygen atoms in total. The third-order valence-corrected chi connectivity index (χ3v) is 3.01. The second-order valence-electron chi connectivity index (χ2n) is 5.89. The number of Topliss-reactive ketones (excluding diaryl/α,β-unsaturated/α-hetero) is 1. The van der Waals surface area contributed by atoms with Gasteiger partial charge in [-0.25, -0.2) is 0 Å². The fraction of sp³-hybridized carbons (Fsp3) is 0.846. The van der Waals surface area contributed by atoms with Crippen molar-refractivity contribution >= 4 is 11.8 Å². The zero-order chi connectivity index (χ0) is 14.0. The van der Waals surface area contributed by atoms with Crippen molar-refractivity contribution in [2.24, 2.45) is 5.41 Å². The topological polar surface area (TPSA) is 72.8 Å². The molecular formula is C13H22O5. The molecule has 0 bridgehead atoms. The number of hydrogen-bond donors (Lipinski definition) is 1. The van der Waals surface area contributed by atoms with Crippen molar-refractivity contribution in [1.82, 2.24) is 0 Å². The standard InChI is InChI=1S/C13H22O5/c1-12(2)8-17-13(3,4)18-11(12)9(14)6-5-7-10(15)16/h11H,5-8H2,1-4H3,(H,15,16)/t11-/m0/s1. The lowest BCUT2D eigenvalue weighted by molar-refractivity contribution is -0.303. The molecule has 0 aromatic heterocycles. The Morgan fingerprint density at radius 1 is 1.22 bits per heavy atom. The number of carboxylic acids is 1. The summed E-state index contributed by atoms with van der Waals surface area (Å²) in [5.41, 5.74) is -0.379. The highest BCUT2D eigenvalue weighted by molar-refractivity contribution is 5.84. The van der Waals surface area contributed by atoms with Gasteiger partial charge in [-0.1, -0.05) is 13.8 Å². The molecule has 1 saturated heterocycles. The van der Waals surface area contributed by atoms with Gasteiger partial charge in [0, 0.05) is 18.3 Å². The summed E-state index contributed by atoms with van der Waals surface area (Å²) in [5.74, 6) is -1.68. The van der Waals surface area contributed by atoms with Crippen LogP contribution in [0.3, 0.4) is 0 Å². The fourth-order valence-corrected chi connectivity index (χ4v) is 1.96. The SMILES string of the molecule is CC1(C)OCC(C)(C)[C@H](C(=O)CCCC(=O)O)O1. The molecule has 0 aliphatic carbocycles. The van der Waals surface area contributed by atoms with Gasteiger partial charge in [0.05, 0.1) is 6.61 Å². The molecule has 18 heavy (non-hydrogen) atoms. The lowest BCUT2D eigenvalue weighted by Crippen LogP contribution is -2.53. The van der Waals surface area contributed by atoms with E-state index in [4.69, 9.17) is 14.6 Å². The number of hydrogen-bond acceptors (Lipinski definition) is 4. The monoisotopic (exact) mass is 258 g/mol. The van der Waals surface area contributed by atoms with E-state index in [0.717, 1.165) is 0 Å². The molecule has 0 unspecified atom stereocenters. The fourth-order valence-electron chi connectivity index (χ4n) is 1.96. The van der Waals surface area contributed by atoms with Crippen LogP contribution < -0.4 is 0 Å². The molecule has 5 heteroatoms. The van der Waals surface area contributed by atoms with Gasteiger partial charge in [-0.15, -0.1) is 0 Å². The Morgan fingerprint density at radius 3 is 2.39 bits per heavy atom. The van der Waals surface area contributed by atoms with Crippen molar-refractivity contribution in [3.05, 3.63) is 0 Å². The van der Waals surface area contributed by atoms with Gasteiger partial charge in [0.2, 0.25) is 0 Å². The predicted octanol–water partition coefficient (Wildman–Crippen LogP) is 1.99. The maximum Gasteiger partial charge on any atom is 0.303 e. The smallest absolute Gasteiger partial charge is 0.303 e. The van der Waals surface area contributed by atoms with Gasteiger partial charge >= 0.3 is 5.97 Å². The van der Waals surface area contributed by atoms with Gasteiger partial charge < -0.3 is 14.6 Å². The van der Waals surface area contributed by atoms with Crippen LogP contribution in [0.2, 0.25) is 0 Å². The summed E-state index contributed by atoms with van der Waals surface area (Å²) in [5, 5.41) is 8.56.